The zero-order valence-electron chi connectivity index (χ0n) is 17.6. The predicted octanol–water partition coefficient (Wildman–Crippen LogP) is 2.64. The Balaban J connectivity index is 2.94. The first-order chi connectivity index (χ1) is 11.1. The molecule has 1 aromatic carbocycles. The van der Waals surface area contributed by atoms with Crippen LogP contribution in [-0.2, 0) is 10.3 Å². The Hall–Kier alpha value is -0.860. The van der Waals surface area contributed by atoms with Crippen molar-refractivity contribution in [1.82, 2.24) is 0 Å². The fraction of sp³-hybridized carbons (Fsp3) is 0.417. The second-order valence-electron chi connectivity index (χ2n) is 3.02. The Kier molecular flexibility index (Phi) is 1.02. The van der Waals surface area contributed by atoms with Crippen LogP contribution in [0.2, 0.25) is 5.02 Å². The van der Waals surface area contributed by atoms with E-state index in [9.17, 15) is 4.79 Å². The monoisotopic (exact) mass is 233 g/mol. The lowest BCUT2D eigenvalue weighted by Crippen LogP contribution is -2.47. The molecule has 0 bridgehead atoms. The molecule has 1 fully saturated rings. The minimum absolute atomic E-state index is 0.705. The van der Waals surface area contributed by atoms with Gasteiger partial charge in [0.25, 0.3) is 0 Å². The fourth-order valence-corrected chi connectivity index (χ4v) is 1.49. The topological polar surface area (TPSA) is 43.1 Å². The highest BCUT2D eigenvalue weighted by atomic mass is 35.5. The molecule has 1 aliphatic carbocycles. The van der Waals surface area contributed by atoms with Crippen molar-refractivity contribution in [3.8, 4) is 0 Å². The van der Waals surface area contributed by atoms with Gasteiger partial charge in [0.2, 0.25) is 0 Å². The molecule has 15 heavy (non-hydrogen) atoms. The molecule has 0 saturated heterocycles. The van der Waals surface area contributed by atoms with Crippen molar-refractivity contribution in [2.75, 3.05) is 0 Å². The van der Waals surface area contributed by atoms with E-state index in [1.54, 1.807) is 0 Å². The lowest BCUT2D eigenvalue weighted by molar-refractivity contribution is -0.126. The summed E-state index contributed by atoms with van der Waals surface area (Å²) >= 11 is 5.93. The molecule has 0 aliphatic heterocycles. The van der Waals surface area contributed by atoms with Gasteiger partial charge in [0, 0.05) is 19.7 Å². The molecule has 1 aliphatic rings. The molecule has 1 aromatic rings. The molecular formula is C12H14ClNO. The average molecular weight is 234 g/mol. The van der Waals surface area contributed by atoms with Gasteiger partial charge < -0.3 is 5.73 Å². The molecular weight excluding hydrogens is 210 g/mol. The maximum atomic E-state index is 12.6. The number of nitrogens with two attached hydrogens (primary N) is 1. The molecule has 0 heterocycles. The summed E-state index contributed by atoms with van der Waals surface area (Å²) in [5.74, 6) is -1.25. The summed E-state index contributed by atoms with van der Waals surface area (Å²) in [6.07, 6.45) is -10.5. The van der Waals surface area contributed by atoms with E-state index in [-0.39, 0.29) is 0 Å². The van der Waals surface area contributed by atoms with Crippen LogP contribution in [0.15, 0.2) is 24.2 Å². The van der Waals surface area contributed by atoms with Crippen LogP contribution in [0.5, 0.6) is 0 Å². The standard InChI is InChI=1S/C12H14ClNO/c13-10-6-2-1-5-9(10)12(14)8-4-3-7-11(12)15/h1-2,5-6H,3-4,7-8,14H2/i1D,2D,3D2,4D2,5D,6D,8D2. The summed E-state index contributed by atoms with van der Waals surface area (Å²) in [7, 11) is 0. The van der Waals surface area contributed by atoms with E-state index < -0.39 is 71.6 Å². The minimum Gasteiger partial charge on any atom is -0.315 e. The number of Topliss-reactive ketones (excluding diaryl/α,β-unsaturated/α-hetero) is 1. The Bertz CT molecular complexity index is 751. The SMILES string of the molecule is [2H]c1c([2H])c([2H])c(C2(N)C(=O)CC([2H])([2H])C([2H])([2H])C2([2H])[2H])c(Cl)c1[2H]. The third-order valence-corrected chi connectivity index (χ3v) is 2.36. The van der Waals surface area contributed by atoms with Gasteiger partial charge in [-0.15, -0.1) is 0 Å². The molecule has 1 saturated carbocycles. The summed E-state index contributed by atoms with van der Waals surface area (Å²) in [5, 5.41) is -0.705. The van der Waals surface area contributed by atoms with E-state index in [2.05, 4.69) is 0 Å². The van der Waals surface area contributed by atoms with Gasteiger partial charge in [0.05, 0.1) is 5.48 Å². The van der Waals surface area contributed by atoms with Gasteiger partial charge in [0.1, 0.15) is 5.54 Å². The van der Waals surface area contributed by atoms with Gasteiger partial charge in [-0.1, -0.05) is 36.1 Å². The number of carbonyl (C=O) groups is 1. The van der Waals surface area contributed by atoms with Crippen LogP contribution in [0.1, 0.15) is 44.8 Å². The second-order valence-corrected chi connectivity index (χ2v) is 3.40. The van der Waals surface area contributed by atoms with Gasteiger partial charge in [-0.05, 0) is 24.4 Å². The Morgan fingerprint density at radius 1 is 1.47 bits per heavy atom. The number of carbonyl (C=O) groups excluding carboxylic acids is 1. The average Bonchev–Trinajstić information content (AvgIpc) is 2.48. The van der Waals surface area contributed by atoms with E-state index in [4.69, 9.17) is 31.0 Å². The van der Waals surface area contributed by atoms with Crippen LogP contribution in [0.4, 0.5) is 0 Å². The molecule has 3 heteroatoms. The zero-order valence-corrected chi connectivity index (χ0v) is 8.33. The quantitative estimate of drug-likeness (QED) is 0.811. The maximum absolute atomic E-state index is 12.6. The summed E-state index contributed by atoms with van der Waals surface area (Å²) in [6, 6.07) is -3.15. The summed E-state index contributed by atoms with van der Waals surface area (Å²) < 4.78 is 78.2. The van der Waals surface area contributed by atoms with Crippen LogP contribution < -0.4 is 5.73 Å². The minimum atomic E-state index is -3.35. The molecule has 0 spiro atoms. The molecule has 1 atom stereocenters. The van der Waals surface area contributed by atoms with E-state index in [0.717, 1.165) is 0 Å². The van der Waals surface area contributed by atoms with Crippen molar-refractivity contribution in [1.29, 1.82) is 0 Å². The number of halogens is 1. The van der Waals surface area contributed by atoms with Gasteiger partial charge in [-0.25, -0.2) is 0 Å². The molecule has 2 nitrogen and oxygen atoms in total. The molecule has 80 valence electrons. The smallest absolute Gasteiger partial charge is 0.157 e. The summed E-state index contributed by atoms with van der Waals surface area (Å²) in [5.41, 5.74) is 2.25. The van der Waals surface area contributed by atoms with Crippen LogP contribution >= 0.6 is 11.6 Å². The summed E-state index contributed by atoms with van der Waals surface area (Å²) in [4.78, 5) is 12.6. The third kappa shape index (κ3) is 1.80. The lowest BCUT2D eigenvalue weighted by atomic mass is 9.76. The number of hydrogen-bond donors (Lipinski definition) is 1. The van der Waals surface area contributed by atoms with Crippen molar-refractivity contribution in [2.24, 2.45) is 5.73 Å². The van der Waals surface area contributed by atoms with Crippen molar-refractivity contribution in [3.63, 3.8) is 0 Å². The molecule has 0 aromatic heterocycles. The van der Waals surface area contributed by atoms with Gasteiger partial charge in [-0.2, -0.15) is 0 Å². The first-order valence-corrected chi connectivity index (χ1v) is 4.52. The maximum Gasteiger partial charge on any atom is 0.157 e. The van der Waals surface area contributed by atoms with E-state index in [1.807, 2.05) is 0 Å². The van der Waals surface area contributed by atoms with Gasteiger partial charge >= 0.3 is 0 Å². The molecule has 2 rings (SSSR count). The van der Waals surface area contributed by atoms with Crippen molar-refractivity contribution in [2.45, 2.75) is 31.1 Å². The van der Waals surface area contributed by atoms with Gasteiger partial charge in [0.15, 0.2) is 5.78 Å². The zero-order chi connectivity index (χ0) is 19.7. The number of benzene rings is 1. The van der Waals surface area contributed by atoms with Crippen molar-refractivity contribution < 1.29 is 18.5 Å². The van der Waals surface area contributed by atoms with Crippen LogP contribution in [0, 0.1) is 0 Å². The highest BCUT2D eigenvalue weighted by Crippen LogP contribution is 2.35. The number of hydrogen-bond acceptors (Lipinski definition) is 2. The van der Waals surface area contributed by atoms with Crippen LogP contribution in [-0.4, -0.2) is 5.78 Å². The first kappa shape index (κ1) is 3.86. The Labute approximate surface area is 108 Å². The van der Waals surface area contributed by atoms with Crippen molar-refractivity contribution in [3.05, 3.63) is 34.8 Å². The summed E-state index contributed by atoms with van der Waals surface area (Å²) in [6.45, 7) is 0. The highest BCUT2D eigenvalue weighted by molar-refractivity contribution is 6.31. The third-order valence-electron chi connectivity index (χ3n) is 2.07. The molecule has 2 N–H and O–H groups in total. The van der Waals surface area contributed by atoms with Crippen LogP contribution in [0.3, 0.4) is 0 Å². The number of ketones is 1. The van der Waals surface area contributed by atoms with Crippen molar-refractivity contribution >= 4 is 17.4 Å². The van der Waals surface area contributed by atoms with E-state index in [1.165, 1.54) is 0 Å². The predicted molar refractivity (Wildman–Crippen MR) is 60.8 cm³/mol. The fourth-order valence-electron chi connectivity index (χ4n) is 1.25. The normalized spacial score (nSPS) is 46.4. The lowest BCUT2D eigenvalue weighted by Gasteiger charge is -2.32. The molecule has 0 radical (unpaired) electrons. The highest BCUT2D eigenvalue weighted by Gasteiger charge is 2.38. The van der Waals surface area contributed by atoms with Crippen LogP contribution in [0.25, 0.3) is 0 Å². The second kappa shape index (κ2) is 3.95. The number of rotatable bonds is 1. The first-order valence-electron chi connectivity index (χ1n) is 9.14. The molecule has 0 amide bonds. The van der Waals surface area contributed by atoms with Gasteiger partial charge in [-0.3, -0.25) is 4.79 Å². The largest absolute Gasteiger partial charge is 0.315 e. The molecule has 1 unspecified atom stereocenters. The van der Waals surface area contributed by atoms with E-state index in [0.29, 0.717) is 0 Å². The Morgan fingerprint density at radius 2 is 2.20 bits per heavy atom. The van der Waals surface area contributed by atoms with E-state index >= 15 is 0 Å². The Morgan fingerprint density at radius 3 is 3.00 bits per heavy atom.